The van der Waals surface area contributed by atoms with Crippen molar-refractivity contribution >= 4 is 0 Å². The molecule has 2 rings (SSSR count). The van der Waals surface area contributed by atoms with E-state index in [1.54, 1.807) is 0 Å². The molecule has 1 aromatic carbocycles. The van der Waals surface area contributed by atoms with E-state index in [1.165, 1.54) is 0 Å². The number of rotatable bonds is 6. The minimum Gasteiger partial charge on any atom is -0.206 e. The summed E-state index contributed by atoms with van der Waals surface area (Å²) in [6.45, 7) is 2.15. The summed E-state index contributed by atoms with van der Waals surface area (Å²) in [5.41, 5.74) is -1.50. The van der Waals surface area contributed by atoms with Crippen molar-refractivity contribution in [2.45, 2.75) is 64.5 Å². The van der Waals surface area contributed by atoms with Crippen LogP contribution in [0.4, 0.5) is 22.0 Å². The van der Waals surface area contributed by atoms with Gasteiger partial charge in [0, 0.05) is 0 Å². The van der Waals surface area contributed by atoms with Gasteiger partial charge >= 0.3 is 6.18 Å². The Morgan fingerprint density at radius 2 is 1.64 bits per heavy atom. The van der Waals surface area contributed by atoms with Crippen LogP contribution in [-0.4, -0.2) is 0 Å². The minimum absolute atomic E-state index is 0.299. The Morgan fingerprint density at radius 3 is 2.16 bits per heavy atom. The lowest BCUT2D eigenvalue weighted by Crippen LogP contribution is -2.14. The van der Waals surface area contributed by atoms with Crippen LogP contribution in [0.1, 0.15) is 63.0 Å². The summed E-state index contributed by atoms with van der Waals surface area (Å²) in [6, 6.07) is 1.65. The van der Waals surface area contributed by atoms with Crippen LogP contribution in [0.15, 0.2) is 24.3 Å². The van der Waals surface area contributed by atoms with Crippen LogP contribution in [0.2, 0.25) is 0 Å². The van der Waals surface area contributed by atoms with E-state index in [9.17, 15) is 22.0 Å². The summed E-state index contributed by atoms with van der Waals surface area (Å²) in [4.78, 5) is 0. The summed E-state index contributed by atoms with van der Waals surface area (Å²) in [7, 11) is 0. The van der Waals surface area contributed by atoms with Gasteiger partial charge in [-0.15, -0.1) is 0 Å². The fraction of sp³-hybridized carbons (Fsp3) is 0.600. The lowest BCUT2D eigenvalue weighted by molar-refractivity contribution is -0.142. The van der Waals surface area contributed by atoms with E-state index in [2.05, 4.69) is 19.1 Å². The van der Waals surface area contributed by atoms with Crippen molar-refractivity contribution in [3.05, 3.63) is 47.0 Å². The van der Waals surface area contributed by atoms with Gasteiger partial charge in [-0.05, 0) is 74.5 Å². The van der Waals surface area contributed by atoms with Gasteiger partial charge in [-0.2, -0.15) is 13.2 Å². The third-order valence-electron chi connectivity index (χ3n) is 4.98. The smallest absolute Gasteiger partial charge is 0.206 e. The highest BCUT2D eigenvalue weighted by molar-refractivity contribution is 5.28. The van der Waals surface area contributed by atoms with Crippen molar-refractivity contribution in [2.24, 2.45) is 11.8 Å². The number of unbranched alkanes of at least 4 members (excludes halogenated alkanes) is 1. The molecule has 1 saturated carbocycles. The molecule has 0 radical (unpaired) electrons. The molecule has 0 unspecified atom stereocenters. The number of halogens is 5. The first-order valence-electron chi connectivity index (χ1n) is 9.03. The summed E-state index contributed by atoms with van der Waals surface area (Å²) < 4.78 is 64.9. The molecule has 5 heteroatoms. The lowest BCUT2D eigenvalue weighted by atomic mass is 9.79. The van der Waals surface area contributed by atoms with E-state index in [4.69, 9.17) is 0 Å². The van der Waals surface area contributed by atoms with Gasteiger partial charge in [-0.1, -0.05) is 25.5 Å². The van der Waals surface area contributed by atoms with Gasteiger partial charge in [0.1, 0.15) is 17.2 Å². The van der Waals surface area contributed by atoms with E-state index in [-0.39, 0.29) is 0 Å². The average Bonchev–Trinajstić information content (AvgIpc) is 2.52. The average molecular weight is 360 g/mol. The third-order valence-corrected chi connectivity index (χ3v) is 4.98. The number of hydrogen-bond acceptors (Lipinski definition) is 0. The highest BCUT2D eigenvalue weighted by atomic mass is 19.4. The van der Waals surface area contributed by atoms with Gasteiger partial charge in [0.05, 0.1) is 0 Å². The summed E-state index contributed by atoms with van der Waals surface area (Å²) in [5.74, 6) is -1.95. The predicted octanol–water partition coefficient (Wildman–Crippen LogP) is 7.08. The minimum atomic E-state index is -5.00. The maximum Gasteiger partial charge on any atom is 0.422 e. The maximum atomic E-state index is 13.6. The number of hydrogen-bond donors (Lipinski definition) is 0. The molecule has 1 aliphatic carbocycles. The Morgan fingerprint density at radius 1 is 1.04 bits per heavy atom. The predicted molar refractivity (Wildman–Crippen MR) is 89.2 cm³/mol. The standard InChI is InChI=1S/C20H25F5/c1-2-3-4-5-14-6-8-15(9-7-14)10-11-16-12-17(21)19(18(22)13-16)20(23,24)25/h4-5,12-15H,2-3,6-11H2,1H3/b5-4+. The van der Waals surface area contributed by atoms with Crippen LogP contribution in [-0.2, 0) is 12.6 Å². The molecule has 0 amide bonds. The largest absolute Gasteiger partial charge is 0.422 e. The topological polar surface area (TPSA) is 0 Å². The van der Waals surface area contributed by atoms with Crippen molar-refractivity contribution in [1.29, 1.82) is 0 Å². The molecule has 0 heterocycles. The van der Waals surface area contributed by atoms with E-state index in [0.717, 1.165) is 57.1 Å². The van der Waals surface area contributed by atoms with Crippen LogP contribution in [0, 0.1) is 23.5 Å². The summed E-state index contributed by atoms with van der Waals surface area (Å²) >= 11 is 0. The first kappa shape index (κ1) is 19.9. The third kappa shape index (κ3) is 5.82. The van der Waals surface area contributed by atoms with Crippen LogP contribution in [0.25, 0.3) is 0 Å². The Balaban J connectivity index is 1.87. The molecule has 1 aliphatic rings. The second-order valence-corrected chi connectivity index (χ2v) is 6.97. The first-order valence-corrected chi connectivity index (χ1v) is 9.03. The Kier molecular flexibility index (Phi) is 7.03. The van der Waals surface area contributed by atoms with E-state index in [0.29, 0.717) is 23.8 Å². The molecule has 140 valence electrons. The SMILES string of the molecule is CCC/C=C/C1CCC(CCc2cc(F)c(C(F)(F)F)c(F)c2)CC1. The van der Waals surface area contributed by atoms with Crippen LogP contribution < -0.4 is 0 Å². The van der Waals surface area contributed by atoms with Crippen molar-refractivity contribution < 1.29 is 22.0 Å². The number of aryl methyl sites for hydroxylation is 1. The van der Waals surface area contributed by atoms with E-state index in [1.807, 2.05) is 0 Å². The molecular formula is C20H25F5. The van der Waals surface area contributed by atoms with E-state index < -0.39 is 23.4 Å². The second kappa shape index (κ2) is 8.81. The number of benzene rings is 1. The maximum absolute atomic E-state index is 13.6. The Bertz CT molecular complexity index is 557. The number of allylic oxidation sites excluding steroid dienone is 2. The van der Waals surface area contributed by atoms with Gasteiger partial charge < -0.3 is 0 Å². The monoisotopic (exact) mass is 360 g/mol. The Hall–Kier alpha value is -1.39. The molecule has 0 spiro atoms. The molecule has 1 fully saturated rings. The first-order chi connectivity index (χ1) is 11.8. The van der Waals surface area contributed by atoms with Gasteiger partial charge in [0.25, 0.3) is 0 Å². The summed E-state index contributed by atoms with van der Waals surface area (Å²) in [5, 5.41) is 0. The van der Waals surface area contributed by atoms with Crippen LogP contribution >= 0.6 is 0 Å². The van der Waals surface area contributed by atoms with Crippen LogP contribution in [0.5, 0.6) is 0 Å². The van der Waals surface area contributed by atoms with Crippen LogP contribution in [0.3, 0.4) is 0 Å². The molecule has 0 nitrogen and oxygen atoms in total. The molecule has 0 atom stereocenters. The van der Waals surface area contributed by atoms with Gasteiger partial charge in [-0.3, -0.25) is 0 Å². The fourth-order valence-electron chi connectivity index (χ4n) is 3.54. The number of alkyl halides is 3. The Labute approximate surface area is 146 Å². The van der Waals surface area contributed by atoms with Gasteiger partial charge in [0.2, 0.25) is 0 Å². The molecule has 0 bridgehead atoms. The second-order valence-electron chi connectivity index (χ2n) is 6.97. The highest BCUT2D eigenvalue weighted by Crippen LogP contribution is 2.35. The zero-order chi connectivity index (χ0) is 18.4. The van der Waals surface area contributed by atoms with E-state index >= 15 is 0 Å². The zero-order valence-electron chi connectivity index (χ0n) is 14.5. The van der Waals surface area contributed by atoms with Crippen molar-refractivity contribution in [3.63, 3.8) is 0 Å². The molecule has 0 saturated heterocycles. The molecule has 25 heavy (non-hydrogen) atoms. The van der Waals surface area contributed by atoms with Gasteiger partial charge in [-0.25, -0.2) is 8.78 Å². The lowest BCUT2D eigenvalue weighted by Gasteiger charge is -2.26. The molecular weight excluding hydrogens is 335 g/mol. The fourth-order valence-corrected chi connectivity index (χ4v) is 3.54. The quantitative estimate of drug-likeness (QED) is 0.376. The zero-order valence-corrected chi connectivity index (χ0v) is 14.5. The van der Waals surface area contributed by atoms with Crippen molar-refractivity contribution in [3.8, 4) is 0 Å². The molecule has 1 aromatic rings. The molecule has 0 aromatic heterocycles. The normalized spacial score (nSPS) is 21.8. The van der Waals surface area contributed by atoms with Gasteiger partial charge in [0.15, 0.2) is 0 Å². The van der Waals surface area contributed by atoms with Crippen molar-refractivity contribution in [2.75, 3.05) is 0 Å². The summed E-state index contributed by atoms with van der Waals surface area (Å²) in [6.07, 6.45) is 7.29. The molecule has 0 N–H and O–H groups in total. The van der Waals surface area contributed by atoms with Crippen molar-refractivity contribution in [1.82, 2.24) is 0 Å². The molecule has 0 aliphatic heterocycles. The highest BCUT2D eigenvalue weighted by Gasteiger charge is 2.37.